The molecule has 1 N–H and O–H groups in total. The maximum Gasteiger partial charge on any atom is 0.0992 e. The average Bonchev–Trinajstić information content (AvgIpc) is 2.35. The van der Waals surface area contributed by atoms with Crippen LogP contribution >= 0.6 is 0 Å². The molecule has 0 aromatic heterocycles. The molecule has 2 nitrogen and oxygen atoms in total. The zero-order valence-electron chi connectivity index (χ0n) is 11.1. The van der Waals surface area contributed by atoms with E-state index in [1.807, 2.05) is 24.3 Å². The molecule has 1 aliphatic carbocycles. The van der Waals surface area contributed by atoms with Gasteiger partial charge in [0.15, 0.2) is 0 Å². The Morgan fingerprint density at radius 3 is 3.00 bits per heavy atom. The monoisotopic (exact) mass is 240 g/mol. The molecule has 1 aliphatic rings. The summed E-state index contributed by atoms with van der Waals surface area (Å²) in [7, 11) is 0. The number of nitrogens with one attached hydrogen (secondary N) is 1. The topological polar surface area (TPSA) is 35.8 Å². The summed E-state index contributed by atoms with van der Waals surface area (Å²) in [6.45, 7) is 5.50. The van der Waals surface area contributed by atoms with Crippen LogP contribution in [0.4, 0.5) is 5.69 Å². The van der Waals surface area contributed by atoms with Gasteiger partial charge in [-0.2, -0.15) is 5.26 Å². The van der Waals surface area contributed by atoms with Crippen molar-refractivity contribution < 1.29 is 0 Å². The Morgan fingerprint density at radius 1 is 1.44 bits per heavy atom. The number of anilines is 1. The highest BCUT2D eigenvalue weighted by Crippen LogP contribution is 2.28. The molecule has 0 amide bonds. The minimum atomic E-state index is 0.691. The largest absolute Gasteiger partial charge is 0.385 e. The minimum absolute atomic E-state index is 0.691. The van der Waals surface area contributed by atoms with Crippen molar-refractivity contribution in [2.75, 3.05) is 11.9 Å². The van der Waals surface area contributed by atoms with E-state index in [0.717, 1.165) is 12.2 Å². The summed E-state index contributed by atoms with van der Waals surface area (Å²) >= 11 is 0. The molecule has 0 fully saturated rings. The van der Waals surface area contributed by atoms with Crippen molar-refractivity contribution in [3.8, 4) is 6.07 Å². The molecular formula is C16H20N2. The van der Waals surface area contributed by atoms with Crippen LogP contribution in [0, 0.1) is 23.2 Å². The molecule has 0 bridgehead atoms. The number of hydrogen-bond acceptors (Lipinski definition) is 2. The number of nitrogens with zero attached hydrogens (tertiary/aromatic N) is 1. The van der Waals surface area contributed by atoms with Gasteiger partial charge in [0.05, 0.1) is 11.6 Å². The first-order valence-electron chi connectivity index (χ1n) is 6.58. The van der Waals surface area contributed by atoms with E-state index in [4.69, 9.17) is 5.26 Å². The molecule has 0 saturated heterocycles. The Labute approximate surface area is 109 Å². The molecule has 0 heterocycles. The minimum Gasteiger partial charge on any atom is -0.385 e. The molecule has 2 rings (SSSR count). The maximum atomic E-state index is 8.86. The second-order valence-electron chi connectivity index (χ2n) is 5.37. The van der Waals surface area contributed by atoms with E-state index in [9.17, 15) is 0 Å². The third kappa shape index (κ3) is 3.37. The number of benzene rings is 1. The van der Waals surface area contributed by atoms with Crippen LogP contribution in [0.1, 0.15) is 32.3 Å². The van der Waals surface area contributed by atoms with Gasteiger partial charge in [-0.15, -0.1) is 0 Å². The highest BCUT2D eigenvalue weighted by Gasteiger charge is 2.17. The van der Waals surface area contributed by atoms with Gasteiger partial charge in [-0.25, -0.2) is 0 Å². The second kappa shape index (κ2) is 5.73. The number of allylic oxidation sites excluding steroid dienone is 2. The molecule has 18 heavy (non-hydrogen) atoms. The normalized spacial score (nSPS) is 23.1. The summed E-state index contributed by atoms with van der Waals surface area (Å²) in [5.41, 5.74) is 3.27. The van der Waals surface area contributed by atoms with Crippen molar-refractivity contribution >= 4 is 5.69 Å². The molecule has 2 unspecified atom stereocenters. The van der Waals surface area contributed by atoms with E-state index >= 15 is 0 Å². The molecule has 2 atom stereocenters. The van der Waals surface area contributed by atoms with E-state index < -0.39 is 0 Å². The van der Waals surface area contributed by atoms with E-state index in [2.05, 4.69) is 31.3 Å². The van der Waals surface area contributed by atoms with Gasteiger partial charge in [0, 0.05) is 12.2 Å². The Kier molecular flexibility index (Phi) is 4.04. The van der Waals surface area contributed by atoms with Gasteiger partial charge in [0.2, 0.25) is 0 Å². The lowest BCUT2D eigenvalue weighted by Gasteiger charge is -2.26. The SMILES string of the molecule is CC1=CC(C)CC(CNc2cccc(C#N)c2)C1. The predicted octanol–water partition coefficient (Wildman–Crippen LogP) is 3.96. The van der Waals surface area contributed by atoms with Crippen LogP contribution in [-0.4, -0.2) is 6.54 Å². The molecule has 0 radical (unpaired) electrons. The van der Waals surface area contributed by atoms with Crippen LogP contribution in [0.5, 0.6) is 0 Å². The first-order valence-corrected chi connectivity index (χ1v) is 6.58. The Morgan fingerprint density at radius 2 is 2.28 bits per heavy atom. The highest BCUT2D eigenvalue weighted by atomic mass is 14.9. The molecule has 94 valence electrons. The zero-order valence-corrected chi connectivity index (χ0v) is 11.1. The van der Waals surface area contributed by atoms with Gasteiger partial charge < -0.3 is 5.32 Å². The lowest BCUT2D eigenvalue weighted by molar-refractivity contribution is 0.421. The number of nitriles is 1. The lowest BCUT2D eigenvalue weighted by Crippen LogP contribution is -2.20. The fraction of sp³-hybridized carbons (Fsp3) is 0.438. The van der Waals surface area contributed by atoms with Crippen molar-refractivity contribution in [2.24, 2.45) is 11.8 Å². The van der Waals surface area contributed by atoms with Crippen LogP contribution in [0.15, 0.2) is 35.9 Å². The zero-order chi connectivity index (χ0) is 13.0. The summed E-state index contributed by atoms with van der Waals surface area (Å²) in [5.74, 6) is 1.40. The summed E-state index contributed by atoms with van der Waals surface area (Å²) in [4.78, 5) is 0. The third-order valence-electron chi connectivity index (χ3n) is 3.47. The van der Waals surface area contributed by atoms with Crippen molar-refractivity contribution in [3.05, 3.63) is 41.5 Å². The third-order valence-corrected chi connectivity index (χ3v) is 3.47. The first kappa shape index (κ1) is 12.7. The molecular weight excluding hydrogens is 220 g/mol. The summed E-state index contributed by atoms with van der Waals surface area (Å²) in [5, 5.41) is 12.3. The van der Waals surface area contributed by atoms with Crippen LogP contribution < -0.4 is 5.32 Å². The van der Waals surface area contributed by atoms with Gasteiger partial charge in [-0.05, 0) is 49.8 Å². The Balaban J connectivity index is 1.92. The van der Waals surface area contributed by atoms with Crippen LogP contribution in [0.3, 0.4) is 0 Å². The van der Waals surface area contributed by atoms with E-state index in [1.165, 1.54) is 18.4 Å². The van der Waals surface area contributed by atoms with Crippen LogP contribution in [0.25, 0.3) is 0 Å². The first-order chi connectivity index (χ1) is 8.67. The summed E-state index contributed by atoms with van der Waals surface area (Å²) < 4.78 is 0. The van der Waals surface area contributed by atoms with Gasteiger partial charge in [-0.1, -0.05) is 24.6 Å². The fourth-order valence-electron chi connectivity index (χ4n) is 2.80. The molecule has 2 heteroatoms. The van der Waals surface area contributed by atoms with Crippen molar-refractivity contribution in [1.29, 1.82) is 5.26 Å². The van der Waals surface area contributed by atoms with Crippen LogP contribution in [-0.2, 0) is 0 Å². The fourth-order valence-corrected chi connectivity index (χ4v) is 2.80. The maximum absolute atomic E-state index is 8.86. The molecule has 0 aliphatic heterocycles. The second-order valence-corrected chi connectivity index (χ2v) is 5.37. The standard InChI is InChI=1S/C16H20N2/c1-12-6-13(2)8-15(7-12)11-18-16-5-3-4-14(9-16)10-17/h3-6,9,12,15,18H,7-8,11H2,1-2H3. The predicted molar refractivity (Wildman–Crippen MR) is 75.3 cm³/mol. The van der Waals surface area contributed by atoms with Gasteiger partial charge >= 0.3 is 0 Å². The average molecular weight is 240 g/mol. The molecule has 1 aromatic rings. The molecule has 1 aromatic carbocycles. The van der Waals surface area contributed by atoms with Gasteiger partial charge in [-0.3, -0.25) is 0 Å². The van der Waals surface area contributed by atoms with E-state index in [1.54, 1.807) is 0 Å². The summed E-state index contributed by atoms with van der Waals surface area (Å²) in [6, 6.07) is 9.87. The van der Waals surface area contributed by atoms with Crippen molar-refractivity contribution in [1.82, 2.24) is 0 Å². The van der Waals surface area contributed by atoms with Crippen LogP contribution in [0.2, 0.25) is 0 Å². The van der Waals surface area contributed by atoms with Gasteiger partial charge in [0.25, 0.3) is 0 Å². The number of hydrogen-bond donors (Lipinski definition) is 1. The summed E-state index contributed by atoms with van der Waals surface area (Å²) in [6.07, 6.45) is 4.82. The van der Waals surface area contributed by atoms with Crippen molar-refractivity contribution in [2.45, 2.75) is 26.7 Å². The van der Waals surface area contributed by atoms with E-state index in [0.29, 0.717) is 17.4 Å². The molecule has 0 saturated carbocycles. The smallest absolute Gasteiger partial charge is 0.0992 e. The number of rotatable bonds is 3. The highest BCUT2D eigenvalue weighted by molar-refractivity contribution is 5.49. The van der Waals surface area contributed by atoms with Crippen molar-refractivity contribution in [3.63, 3.8) is 0 Å². The van der Waals surface area contributed by atoms with E-state index in [-0.39, 0.29) is 0 Å². The Hall–Kier alpha value is -1.75. The van der Waals surface area contributed by atoms with Gasteiger partial charge in [0.1, 0.15) is 0 Å². The quantitative estimate of drug-likeness (QED) is 0.812. The lowest BCUT2D eigenvalue weighted by atomic mass is 9.84. The Bertz CT molecular complexity index is 482. The molecule has 0 spiro atoms.